The lowest BCUT2D eigenvalue weighted by atomic mass is 10.0. The van der Waals surface area contributed by atoms with E-state index in [0.29, 0.717) is 16.9 Å². The van der Waals surface area contributed by atoms with Crippen LogP contribution in [0.4, 0.5) is 4.79 Å². The standard InChI is InChI=1S/C19H14O5/c1-3-13-23-16-9-5-14(6-10-16)18(20)15-7-11-17(12-8-15)24-19(21)22-4-2/h1,4-12H,2,13H2. The van der Waals surface area contributed by atoms with Crippen molar-refractivity contribution in [1.82, 2.24) is 0 Å². The van der Waals surface area contributed by atoms with Crippen molar-refractivity contribution in [1.29, 1.82) is 0 Å². The van der Waals surface area contributed by atoms with Crippen molar-refractivity contribution in [2.45, 2.75) is 0 Å². The number of benzene rings is 2. The molecule has 0 unspecified atom stereocenters. The predicted molar refractivity (Wildman–Crippen MR) is 88.0 cm³/mol. The zero-order chi connectivity index (χ0) is 17.4. The van der Waals surface area contributed by atoms with Gasteiger partial charge in [0.1, 0.15) is 18.1 Å². The Morgan fingerprint density at radius 2 is 1.54 bits per heavy atom. The van der Waals surface area contributed by atoms with Gasteiger partial charge in [-0.2, -0.15) is 0 Å². The van der Waals surface area contributed by atoms with E-state index >= 15 is 0 Å². The molecule has 2 aromatic carbocycles. The molecule has 0 atom stereocenters. The molecule has 0 fully saturated rings. The molecule has 0 aliphatic rings. The van der Waals surface area contributed by atoms with Gasteiger partial charge in [-0.3, -0.25) is 4.79 Å². The van der Waals surface area contributed by atoms with Gasteiger partial charge in [0.2, 0.25) is 0 Å². The summed E-state index contributed by atoms with van der Waals surface area (Å²) in [6, 6.07) is 12.8. The lowest BCUT2D eigenvalue weighted by Gasteiger charge is -2.06. The molecule has 0 aliphatic carbocycles. The molecule has 2 rings (SSSR count). The molecule has 0 heterocycles. The first-order valence-electron chi connectivity index (χ1n) is 6.94. The highest BCUT2D eigenvalue weighted by Crippen LogP contribution is 2.18. The molecule has 0 bridgehead atoms. The second-order valence-electron chi connectivity index (χ2n) is 4.51. The number of ether oxygens (including phenoxy) is 3. The van der Waals surface area contributed by atoms with Gasteiger partial charge >= 0.3 is 6.16 Å². The summed E-state index contributed by atoms with van der Waals surface area (Å²) in [5.74, 6) is 3.05. The van der Waals surface area contributed by atoms with E-state index in [4.69, 9.17) is 15.9 Å². The molecular formula is C19H14O5. The van der Waals surface area contributed by atoms with Crippen LogP contribution in [0.3, 0.4) is 0 Å². The number of carbonyl (C=O) groups is 2. The third-order valence-corrected chi connectivity index (χ3v) is 2.94. The number of carbonyl (C=O) groups excluding carboxylic acids is 2. The summed E-state index contributed by atoms with van der Waals surface area (Å²) in [5.41, 5.74) is 0.958. The summed E-state index contributed by atoms with van der Waals surface area (Å²) in [6.07, 6.45) is 5.19. The minimum absolute atomic E-state index is 0.168. The molecule has 0 aromatic heterocycles. The molecule has 5 heteroatoms. The molecule has 0 saturated heterocycles. The lowest BCUT2D eigenvalue weighted by molar-refractivity contribution is 0.103. The second kappa shape index (κ2) is 8.20. The van der Waals surface area contributed by atoms with Crippen LogP contribution in [-0.4, -0.2) is 18.5 Å². The van der Waals surface area contributed by atoms with E-state index in [9.17, 15) is 9.59 Å². The Morgan fingerprint density at radius 1 is 1.00 bits per heavy atom. The largest absolute Gasteiger partial charge is 0.518 e. The van der Waals surface area contributed by atoms with Crippen LogP contribution in [0.5, 0.6) is 11.5 Å². The number of rotatable bonds is 6. The van der Waals surface area contributed by atoms with E-state index < -0.39 is 6.16 Å². The quantitative estimate of drug-likeness (QED) is 0.267. The number of hydrogen-bond acceptors (Lipinski definition) is 5. The Morgan fingerprint density at radius 3 is 2.04 bits per heavy atom. The van der Waals surface area contributed by atoms with Gasteiger partial charge in [-0.25, -0.2) is 4.79 Å². The minimum Gasteiger partial charge on any atom is -0.481 e. The Labute approximate surface area is 139 Å². The zero-order valence-corrected chi connectivity index (χ0v) is 12.7. The molecule has 120 valence electrons. The van der Waals surface area contributed by atoms with Crippen LogP contribution in [0.15, 0.2) is 61.4 Å². The maximum absolute atomic E-state index is 12.4. The zero-order valence-electron chi connectivity index (χ0n) is 12.7. The Bertz CT molecular complexity index is 767. The average Bonchev–Trinajstić information content (AvgIpc) is 2.60. The molecule has 0 N–H and O–H groups in total. The van der Waals surface area contributed by atoms with Crippen molar-refractivity contribution >= 4 is 11.9 Å². The third-order valence-electron chi connectivity index (χ3n) is 2.94. The summed E-state index contributed by atoms with van der Waals surface area (Å²) in [4.78, 5) is 23.5. The van der Waals surface area contributed by atoms with Crippen LogP contribution in [0.1, 0.15) is 15.9 Å². The maximum Gasteiger partial charge on any atom is 0.518 e. The predicted octanol–water partition coefficient (Wildman–Crippen LogP) is 3.59. The van der Waals surface area contributed by atoms with Crippen LogP contribution < -0.4 is 9.47 Å². The van der Waals surface area contributed by atoms with Crippen LogP contribution in [-0.2, 0) is 4.74 Å². The van der Waals surface area contributed by atoms with Crippen molar-refractivity contribution in [3.05, 3.63) is 72.5 Å². The maximum atomic E-state index is 12.4. The van der Waals surface area contributed by atoms with Gasteiger partial charge in [-0.1, -0.05) is 12.5 Å². The van der Waals surface area contributed by atoms with Gasteiger partial charge < -0.3 is 14.2 Å². The summed E-state index contributed by atoms with van der Waals surface area (Å²) >= 11 is 0. The van der Waals surface area contributed by atoms with Crippen LogP contribution in [0.25, 0.3) is 0 Å². The third kappa shape index (κ3) is 4.49. The highest BCUT2D eigenvalue weighted by atomic mass is 16.7. The van der Waals surface area contributed by atoms with Crippen molar-refractivity contribution in [2.75, 3.05) is 6.61 Å². The van der Waals surface area contributed by atoms with E-state index in [1.165, 1.54) is 12.1 Å². The van der Waals surface area contributed by atoms with Crippen LogP contribution in [0, 0.1) is 12.3 Å². The Kier molecular flexibility index (Phi) is 5.76. The number of ketones is 1. The topological polar surface area (TPSA) is 61.8 Å². The smallest absolute Gasteiger partial charge is 0.481 e. The van der Waals surface area contributed by atoms with E-state index in [2.05, 4.69) is 17.2 Å². The second-order valence-corrected chi connectivity index (χ2v) is 4.51. The first kappa shape index (κ1) is 16.8. The molecule has 24 heavy (non-hydrogen) atoms. The monoisotopic (exact) mass is 322 g/mol. The van der Waals surface area contributed by atoms with E-state index in [1.807, 2.05) is 0 Å². The van der Waals surface area contributed by atoms with Crippen molar-refractivity contribution in [3.8, 4) is 23.8 Å². The summed E-state index contributed by atoms with van der Waals surface area (Å²) in [5, 5.41) is 0. The Balaban J connectivity index is 2.05. The number of hydrogen-bond donors (Lipinski definition) is 0. The van der Waals surface area contributed by atoms with Crippen molar-refractivity contribution in [3.63, 3.8) is 0 Å². The first-order valence-corrected chi connectivity index (χ1v) is 6.94. The average molecular weight is 322 g/mol. The van der Waals surface area contributed by atoms with Crippen LogP contribution in [0.2, 0.25) is 0 Å². The Hall–Kier alpha value is -3.52. The van der Waals surface area contributed by atoms with Gasteiger partial charge in [0.25, 0.3) is 0 Å². The van der Waals surface area contributed by atoms with Gasteiger partial charge in [0, 0.05) is 11.1 Å². The van der Waals surface area contributed by atoms with Gasteiger partial charge in [-0.05, 0) is 48.5 Å². The fraction of sp³-hybridized carbons (Fsp3) is 0.0526. The molecule has 0 radical (unpaired) electrons. The molecular weight excluding hydrogens is 308 g/mol. The summed E-state index contributed by atoms with van der Waals surface area (Å²) in [7, 11) is 0. The molecule has 2 aromatic rings. The van der Waals surface area contributed by atoms with E-state index in [-0.39, 0.29) is 18.1 Å². The molecule has 0 spiro atoms. The summed E-state index contributed by atoms with van der Waals surface area (Å²) < 4.78 is 14.6. The highest BCUT2D eigenvalue weighted by Gasteiger charge is 2.10. The van der Waals surface area contributed by atoms with Crippen molar-refractivity contribution in [2.24, 2.45) is 0 Å². The lowest BCUT2D eigenvalue weighted by Crippen LogP contribution is -2.07. The normalized spacial score (nSPS) is 9.46. The van der Waals surface area contributed by atoms with Gasteiger partial charge in [-0.15, -0.1) is 6.42 Å². The van der Waals surface area contributed by atoms with Crippen LogP contribution >= 0.6 is 0 Å². The fourth-order valence-electron chi connectivity index (χ4n) is 1.86. The van der Waals surface area contributed by atoms with Crippen molar-refractivity contribution < 1.29 is 23.8 Å². The van der Waals surface area contributed by atoms with E-state index in [0.717, 1.165) is 6.26 Å². The minimum atomic E-state index is -0.897. The SMILES string of the molecule is C#CCOc1ccc(C(=O)c2ccc(OC(=O)OC=C)cc2)cc1. The molecule has 0 saturated carbocycles. The molecule has 0 aliphatic heterocycles. The van der Waals surface area contributed by atoms with Gasteiger partial charge in [0.05, 0.1) is 6.26 Å². The van der Waals surface area contributed by atoms with E-state index in [1.54, 1.807) is 36.4 Å². The fourth-order valence-corrected chi connectivity index (χ4v) is 1.86. The molecule has 0 amide bonds. The first-order chi connectivity index (χ1) is 11.6. The van der Waals surface area contributed by atoms with Gasteiger partial charge in [0.15, 0.2) is 5.78 Å². The molecule has 5 nitrogen and oxygen atoms in total. The highest BCUT2D eigenvalue weighted by molar-refractivity contribution is 6.09. The summed E-state index contributed by atoms with van der Waals surface area (Å²) in [6.45, 7) is 3.42. The number of terminal acetylenes is 1.